The Bertz CT molecular complexity index is 1180. The van der Waals surface area contributed by atoms with Gasteiger partial charge in [-0.15, -0.1) is 11.3 Å². The highest BCUT2D eigenvalue weighted by Crippen LogP contribution is 2.31. The molecule has 140 valence electrons. The number of hydrogen-bond donors (Lipinski definition) is 1. The molecule has 0 aliphatic heterocycles. The molecule has 8 heteroatoms. The van der Waals surface area contributed by atoms with E-state index in [1.165, 1.54) is 18.4 Å². The number of ether oxygens (including phenoxy) is 1. The Hall–Kier alpha value is -3.52. The van der Waals surface area contributed by atoms with Crippen LogP contribution in [0.15, 0.2) is 54.2 Å². The largest absolute Gasteiger partial charge is 0.465 e. The first-order chi connectivity index (χ1) is 13.6. The van der Waals surface area contributed by atoms with Gasteiger partial charge in [-0.25, -0.2) is 14.8 Å². The molecule has 1 N–H and O–H groups in total. The van der Waals surface area contributed by atoms with E-state index in [9.17, 15) is 9.59 Å². The lowest BCUT2D eigenvalue weighted by Crippen LogP contribution is -2.12. The second kappa shape index (κ2) is 7.24. The molecule has 4 aromatic rings. The molecule has 0 saturated heterocycles. The number of benzene rings is 1. The third kappa shape index (κ3) is 3.25. The van der Waals surface area contributed by atoms with E-state index in [1.54, 1.807) is 35.8 Å². The number of fused-ring (bicyclic) bond motifs is 1. The molecule has 1 amide bonds. The van der Waals surface area contributed by atoms with Crippen LogP contribution in [0.3, 0.4) is 0 Å². The van der Waals surface area contributed by atoms with E-state index < -0.39 is 5.97 Å². The Morgan fingerprint density at radius 3 is 2.71 bits per heavy atom. The number of hydrogen-bond acceptors (Lipinski definition) is 6. The summed E-state index contributed by atoms with van der Waals surface area (Å²) in [6.45, 7) is 0. The number of rotatable bonds is 4. The van der Waals surface area contributed by atoms with Crippen LogP contribution in [0.2, 0.25) is 0 Å². The van der Waals surface area contributed by atoms with Gasteiger partial charge in [0.2, 0.25) is 0 Å². The quantitative estimate of drug-likeness (QED) is 0.535. The number of amides is 1. The molecule has 0 bridgehead atoms. The highest BCUT2D eigenvalue weighted by molar-refractivity contribution is 7.13. The lowest BCUT2D eigenvalue weighted by molar-refractivity contribution is 0.0600. The summed E-state index contributed by atoms with van der Waals surface area (Å²) in [7, 11) is 3.25. The topological polar surface area (TPSA) is 86.1 Å². The van der Waals surface area contributed by atoms with E-state index in [0.717, 1.165) is 21.6 Å². The zero-order valence-electron chi connectivity index (χ0n) is 15.2. The van der Waals surface area contributed by atoms with Gasteiger partial charge in [-0.3, -0.25) is 4.79 Å². The van der Waals surface area contributed by atoms with Gasteiger partial charge in [0.05, 0.1) is 12.7 Å². The minimum absolute atomic E-state index is 0.313. The summed E-state index contributed by atoms with van der Waals surface area (Å²) in [6, 6.07) is 10.3. The molecule has 28 heavy (non-hydrogen) atoms. The maximum atomic E-state index is 12.5. The van der Waals surface area contributed by atoms with Crippen LogP contribution in [0.25, 0.3) is 21.6 Å². The summed E-state index contributed by atoms with van der Waals surface area (Å²) < 4.78 is 6.60. The van der Waals surface area contributed by atoms with Crippen molar-refractivity contribution >= 4 is 39.9 Å². The van der Waals surface area contributed by atoms with E-state index in [4.69, 9.17) is 0 Å². The van der Waals surface area contributed by atoms with Crippen molar-refractivity contribution < 1.29 is 14.3 Å². The van der Waals surface area contributed by atoms with Crippen LogP contribution in [0, 0.1) is 0 Å². The maximum absolute atomic E-state index is 12.5. The van der Waals surface area contributed by atoms with Crippen molar-refractivity contribution in [1.29, 1.82) is 0 Å². The minimum atomic E-state index is -0.424. The Kier molecular flexibility index (Phi) is 4.62. The average molecular weight is 392 g/mol. The zero-order valence-corrected chi connectivity index (χ0v) is 16.0. The van der Waals surface area contributed by atoms with E-state index in [2.05, 4.69) is 20.0 Å². The van der Waals surface area contributed by atoms with Gasteiger partial charge in [-0.05, 0) is 36.4 Å². The van der Waals surface area contributed by atoms with E-state index in [-0.39, 0.29) is 5.91 Å². The van der Waals surface area contributed by atoms with E-state index >= 15 is 0 Å². The number of carbonyl (C=O) groups is 2. The number of aryl methyl sites for hydroxylation is 1. The summed E-state index contributed by atoms with van der Waals surface area (Å²) in [5, 5.41) is 6.25. The lowest BCUT2D eigenvalue weighted by Gasteiger charge is -2.04. The molecule has 3 aromatic heterocycles. The Balaban J connectivity index is 1.55. The Morgan fingerprint density at radius 2 is 1.96 bits per heavy atom. The van der Waals surface area contributed by atoms with Crippen LogP contribution in [0.4, 0.5) is 5.69 Å². The average Bonchev–Trinajstić information content (AvgIpc) is 3.33. The summed E-state index contributed by atoms with van der Waals surface area (Å²) in [4.78, 5) is 32.9. The fourth-order valence-electron chi connectivity index (χ4n) is 2.89. The predicted octanol–water partition coefficient (Wildman–Crippen LogP) is 3.74. The van der Waals surface area contributed by atoms with Crippen molar-refractivity contribution in [1.82, 2.24) is 14.5 Å². The van der Waals surface area contributed by atoms with Crippen molar-refractivity contribution in [2.75, 3.05) is 12.4 Å². The third-order valence-electron chi connectivity index (χ3n) is 4.26. The number of esters is 1. The van der Waals surface area contributed by atoms with Crippen LogP contribution in [-0.2, 0) is 11.8 Å². The summed E-state index contributed by atoms with van der Waals surface area (Å²) in [5.41, 5.74) is 3.13. The number of thiazole rings is 1. The number of methoxy groups -OCH3 is 1. The molecule has 0 radical (unpaired) electrons. The number of anilines is 1. The first kappa shape index (κ1) is 17.9. The molecule has 0 spiro atoms. The maximum Gasteiger partial charge on any atom is 0.337 e. The zero-order chi connectivity index (χ0) is 19.7. The third-order valence-corrected chi connectivity index (χ3v) is 5.14. The normalized spacial score (nSPS) is 10.8. The van der Waals surface area contributed by atoms with Crippen molar-refractivity contribution in [3.8, 4) is 10.6 Å². The van der Waals surface area contributed by atoms with Gasteiger partial charge in [-0.1, -0.05) is 0 Å². The first-order valence-electron chi connectivity index (χ1n) is 8.42. The number of aromatic nitrogens is 3. The van der Waals surface area contributed by atoms with Crippen LogP contribution in [0.5, 0.6) is 0 Å². The second-order valence-electron chi connectivity index (χ2n) is 6.09. The molecule has 0 fully saturated rings. The highest BCUT2D eigenvalue weighted by atomic mass is 32.1. The second-order valence-corrected chi connectivity index (χ2v) is 6.95. The number of nitrogens with one attached hydrogen (secondary N) is 1. The van der Waals surface area contributed by atoms with Gasteiger partial charge in [0.1, 0.15) is 16.3 Å². The summed E-state index contributed by atoms with van der Waals surface area (Å²) >= 11 is 1.40. The van der Waals surface area contributed by atoms with Crippen molar-refractivity contribution in [2.45, 2.75) is 0 Å². The molecule has 0 unspecified atom stereocenters. The van der Waals surface area contributed by atoms with Crippen LogP contribution in [-0.4, -0.2) is 33.5 Å². The predicted molar refractivity (Wildman–Crippen MR) is 108 cm³/mol. The Morgan fingerprint density at radius 1 is 1.18 bits per heavy atom. The molecule has 1 aromatic carbocycles. The highest BCUT2D eigenvalue weighted by Gasteiger charge is 2.16. The lowest BCUT2D eigenvalue weighted by atomic mass is 10.2. The van der Waals surface area contributed by atoms with Gasteiger partial charge in [-0.2, -0.15) is 0 Å². The van der Waals surface area contributed by atoms with Gasteiger partial charge in [0, 0.05) is 41.5 Å². The Labute approximate surface area is 164 Å². The van der Waals surface area contributed by atoms with Crippen LogP contribution < -0.4 is 5.32 Å². The van der Waals surface area contributed by atoms with Crippen molar-refractivity contribution in [2.24, 2.45) is 7.05 Å². The van der Waals surface area contributed by atoms with Crippen molar-refractivity contribution in [3.63, 3.8) is 0 Å². The molecule has 0 aliphatic carbocycles. The van der Waals surface area contributed by atoms with Gasteiger partial charge in [0.25, 0.3) is 5.91 Å². The van der Waals surface area contributed by atoms with Gasteiger partial charge >= 0.3 is 5.97 Å². The number of carbonyl (C=O) groups excluding carboxylic acids is 2. The molecular weight excluding hydrogens is 376 g/mol. The molecular formula is C20H16N4O3S. The number of nitrogens with zero attached hydrogens (tertiary/aromatic N) is 3. The summed E-state index contributed by atoms with van der Waals surface area (Å²) in [6.07, 6.45) is 3.71. The first-order valence-corrected chi connectivity index (χ1v) is 9.30. The molecule has 0 saturated carbocycles. The van der Waals surface area contributed by atoms with Crippen LogP contribution in [0.1, 0.15) is 20.8 Å². The minimum Gasteiger partial charge on any atom is -0.465 e. The van der Waals surface area contributed by atoms with E-state index in [0.29, 0.717) is 16.9 Å². The van der Waals surface area contributed by atoms with Crippen molar-refractivity contribution in [3.05, 3.63) is 65.4 Å². The summed E-state index contributed by atoms with van der Waals surface area (Å²) in [5.74, 6) is -0.738. The van der Waals surface area contributed by atoms with Crippen LogP contribution >= 0.6 is 11.3 Å². The van der Waals surface area contributed by atoms with Gasteiger partial charge < -0.3 is 14.6 Å². The molecule has 3 heterocycles. The van der Waals surface area contributed by atoms with E-state index in [1.807, 2.05) is 29.9 Å². The SMILES string of the molecule is COC(=O)c1ccc(NC(=O)c2csc(-c3cn(C)c4ncccc34)n2)cc1. The monoisotopic (exact) mass is 392 g/mol. The standard InChI is InChI=1S/C20H16N4O3S/c1-24-10-15(14-4-3-9-21-17(14)24)19-23-16(11-28-19)18(25)22-13-7-5-12(6-8-13)20(26)27-2/h3-11H,1-2H3,(H,22,25). The smallest absolute Gasteiger partial charge is 0.337 e. The fraction of sp³-hybridized carbons (Fsp3) is 0.100. The molecule has 0 atom stereocenters. The van der Waals surface area contributed by atoms with Gasteiger partial charge in [0.15, 0.2) is 0 Å². The fourth-order valence-corrected chi connectivity index (χ4v) is 3.71. The molecule has 7 nitrogen and oxygen atoms in total. The molecule has 4 rings (SSSR count). The number of pyridine rings is 1. The molecule has 0 aliphatic rings.